The lowest BCUT2D eigenvalue weighted by Crippen LogP contribution is -2.00. The van der Waals surface area contributed by atoms with Crippen LogP contribution in [0.2, 0.25) is 0 Å². The molecule has 0 saturated heterocycles. The Morgan fingerprint density at radius 1 is 0.760 bits per heavy atom. The van der Waals surface area contributed by atoms with Crippen LogP contribution in [0, 0.1) is 11.6 Å². The summed E-state index contributed by atoms with van der Waals surface area (Å²) in [5.74, 6) is -0.691. The molecule has 6 heteroatoms. The summed E-state index contributed by atoms with van der Waals surface area (Å²) in [5, 5.41) is 8.43. The van der Waals surface area contributed by atoms with Gasteiger partial charge in [0, 0.05) is 23.5 Å². The molecule has 4 nitrogen and oxygen atoms in total. The van der Waals surface area contributed by atoms with Crippen molar-refractivity contribution >= 4 is 0 Å². The fraction of sp³-hybridized carbons (Fsp3) is 0. The van der Waals surface area contributed by atoms with E-state index in [2.05, 4.69) is 15.3 Å². The normalized spacial score (nSPS) is 10.8. The number of hydrogen-bond acceptors (Lipinski definition) is 3. The van der Waals surface area contributed by atoms with Crippen LogP contribution in [0.15, 0.2) is 73.1 Å². The summed E-state index contributed by atoms with van der Waals surface area (Å²) in [7, 11) is 0. The fourth-order valence-electron chi connectivity index (χ4n) is 2.64. The summed E-state index contributed by atoms with van der Waals surface area (Å²) in [5.41, 5.74) is 3.35. The van der Waals surface area contributed by atoms with Gasteiger partial charge < -0.3 is 0 Å². The first-order valence-electron chi connectivity index (χ1n) is 7.60. The van der Waals surface area contributed by atoms with Gasteiger partial charge in [0.15, 0.2) is 0 Å². The maximum absolute atomic E-state index is 13.6. The Labute approximate surface area is 142 Å². The van der Waals surface area contributed by atoms with Crippen LogP contribution in [0.25, 0.3) is 28.2 Å². The maximum Gasteiger partial charge on any atom is 0.125 e. The molecule has 0 aliphatic carbocycles. The molecule has 2 heterocycles. The number of halogens is 2. The van der Waals surface area contributed by atoms with Crippen LogP contribution in [0.5, 0.6) is 0 Å². The lowest BCUT2D eigenvalue weighted by atomic mass is 10.1. The molecule has 0 aliphatic heterocycles. The van der Waals surface area contributed by atoms with Gasteiger partial charge in [-0.2, -0.15) is 0 Å². The van der Waals surface area contributed by atoms with Crippen LogP contribution >= 0.6 is 0 Å². The minimum absolute atomic E-state index is 0.327. The average molecular weight is 334 g/mol. The molecular formula is C19H12F2N4. The number of aromatic nitrogens is 4. The molecule has 0 bridgehead atoms. The summed E-state index contributed by atoms with van der Waals surface area (Å²) in [6, 6.07) is 15.8. The zero-order valence-electron chi connectivity index (χ0n) is 13.0. The topological polar surface area (TPSA) is 43.6 Å². The molecule has 0 fully saturated rings. The van der Waals surface area contributed by atoms with E-state index in [0.29, 0.717) is 17.1 Å². The van der Waals surface area contributed by atoms with Gasteiger partial charge in [-0.1, -0.05) is 11.3 Å². The van der Waals surface area contributed by atoms with E-state index in [1.807, 2.05) is 12.1 Å². The van der Waals surface area contributed by atoms with Gasteiger partial charge in [-0.05, 0) is 54.6 Å². The van der Waals surface area contributed by atoms with Gasteiger partial charge in [0.05, 0.1) is 5.69 Å². The minimum Gasteiger partial charge on any atom is -0.265 e. The zero-order chi connectivity index (χ0) is 17.2. The molecule has 2 aromatic carbocycles. The van der Waals surface area contributed by atoms with Crippen molar-refractivity contribution in [2.24, 2.45) is 0 Å². The van der Waals surface area contributed by atoms with Gasteiger partial charge in [0.25, 0.3) is 0 Å². The van der Waals surface area contributed by atoms with Crippen molar-refractivity contribution in [3.05, 3.63) is 84.7 Å². The second kappa shape index (κ2) is 6.24. The third-order valence-corrected chi connectivity index (χ3v) is 3.79. The minimum atomic E-state index is -0.364. The van der Waals surface area contributed by atoms with Crippen molar-refractivity contribution in [1.82, 2.24) is 20.0 Å². The molecule has 0 aliphatic rings. The number of nitrogens with zero attached hydrogens (tertiary/aromatic N) is 4. The van der Waals surface area contributed by atoms with Crippen molar-refractivity contribution in [1.29, 1.82) is 0 Å². The molecule has 4 rings (SSSR count). The Morgan fingerprint density at radius 2 is 1.52 bits per heavy atom. The molecule has 4 aromatic rings. The van der Waals surface area contributed by atoms with Crippen LogP contribution in [-0.4, -0.2) is 20.0 Å². The summed E-state index contributed by atoms with van der Waals surface area (Å²) < 4.78 is 28.5. The lowest BCUT2D eigenvalue weighted by Gasteiger charge is -2.08. The Hall–Kier alpha value is -3.41. The molecule has 2 aromatic heterocycles. The highest BCUT2D eigenvalue weighted by Crippen LogP contribution is 2.32. The molecule has 0 radical (unpaired) electrons. The molecule has 122 valence electrons. The first kappa shape index (κ1) is 15.1. The molecule has 0 N–H and O–H groups in total. The molecule has 25 heavy (non-hydrogen) atoms. The Kier molecular flexibility index (Phi) is 3.78. The van der Waals surface area contributed by atoms with Gasteiger partial charge in [0.2, 0.25) is 0 Å². The van der Waals surface area contributed by atoms with Crippen molar-refractivity contribution in [3.63, 3.8) is 0 Å². The summed E-state index contributed by atoms with van der Waals surface area (Å²) in [6.07, 6.45) is 3.32. The molecule has 0 saturated carbocycles. The van der Waals surface area contributed by atoms with E-state index >= 15 is 0 Å². The van der Waals surface area contributed by atoms with E-state index < -0.39 is 0 Å². The molecule has 0 amide bonds. The highest BCUT2D eigenvalue weighted by Gasteiger charge is 2.18. The van der Waals surface area contributed by atoms with Gasteiger partial charge in [0.1, 0.15) is 23.0 Å². The lowest BCUT2D eigenvalue weighted by molar-refractivity contribution is 0.625. The van der Waals surface area contributed by atoms with E-state index in [0.717, 1.165) is 11.1 Å². The summed E-state index contributed by atoms with van der Waals surface area (Å²) >= 11 is 0. The predicted molar refractivity (Wildman–Crippen MR) is 89.9 cm³/mol. The van der Waals surface area contributed by atoms with Crippen LogP contribution in [-0.2, 0) is 0 Å². The van der Waals surface area contributed by atoms with E-state index in [1.54, 1.807) is 41.3 Å². The van der Waals surface area contributed by atoms with E-state index in [1.165, 1.54) is 24.3 Å². The van der Waals surface area contributed by atoms with Crippen LogP contribution in [0.3, 0.4) is 0 Å². The van der Waals surface area contributed by atoms with Crippen molar-refractivity contribution in [2.75, 3.05) is 0 Å². The maximum atomic E-state index is 13.6. The standard InChI is InChI=1S/C19H12F2N4/c20-15-6-4-13(5-7-15)18-19(14-8-10-22-11-9-14)25(24-23-18)17-3-1-2-16(21)12-17/h1-12H. The van der Waals surface area contributed by atoms with Gasteiger partial charge in [-0.15, -0.1) is 5.10 Å². The second-order valence-electron chi connectivity index (χ2n) is 5.42. The highest BCUT2D eigenvalue weighted by molar-refractivity contribution is 5.78. The van der Waals surface area contributed by atoms with Crippen LogP contribution < -0.4 is 0 Å². The molecule has 0 spiro atoms. The summed E-state index contributed by atoms with van der Waals surface area (Å²) in [4.78, 5) is 4.03. The van der Waals surface area contributed by atoms with E-state index in [-0.39, 0.29) is 11.6 Å². The smallest absolute Gasteiger partial charge is 0.125 e. The SMILES string of the molecule is Fc1ccc(-c2nnn(-c3cccc(F)c3)c2-c2ccncc2)cc1. The second-order valence-corrected chi connectivity index (χ2v) is 5.42. The number of pyridine rings is 1. The largest absolute Gasteiger partial charge is 0.265 e. The first-order chi connectivity index (χ1) is 12.2. The van der Waals surface area contributed by atoms with Crippen molar-refractivity contribution in [2.45, 2.75) is 0 Å². The van der Waals surface area contributed by atoms with Gasteiger partial charge >= 0.3 is 0 Å². The van der Waals surface area contributed by atoms with Gasteiger partial charge in [-0.25, -0.2) is 13.5 Å². The average Bonchev–Trinajstić information content (AvgIpc) is 3.08. The molecule has 0 atom stereocenters. The monoisotopic (exact) mass is 334 g/mol. The number of hydrogen-bond donors (Lipinski definition) is 0. The van der Waals surface area contributed by atoms with Crippen molar-refractivity contribution in [3.8, 4) is 28.2 Å². The highest BCUT2D eigenvalue weighted by atomic mass is 19.1. The Morgan fingerprint density at radius 3 is 2.24 bits per heavy atom. The molecular weight excluding hydrogens is 322 g/mol. The zero-order valence-corrected chi connectivity index (χ0v) is 13.0. The summed E-state index contributed by atoms with van der Waals surface area (Å²) in [6.45, 7) is 0. The van der Waals surface area contributed by atoms with Gasteiger partial charge in [-0.3, -0.25) is 4.98 Å². The van der Waals surface area contributed by atoms with Crippen molar-refractivity contribution < 1.29 is 8.78 Å². The van der Waals surface area contributed by atoms with E-state index in [4.69, 9.17) is 0 Å². The van der Waals surface area contributed by atoms with E-state index in [9.17, 15) is 8.78 Å². The third-order valence-electron chi connectivity index (χ3n) is 3.79. The Balaban J connectivity index is 1.96. The predicted octanol–water partition coefficient (Wildman–Crippen LogP) is 4.27. The fourth-order valence-corrected chi connectivity index (χ4v) is 2.64. The quantitative estimate of drug-likeness (QED) is 0.562. The Bertz CT molecular complexity index is 1010. The third kappa shape index (κ3) is 2.89. The number of benzene rings is 2. The van der Waals surface area contributed by atoms with Crippen LogP contribution in [0.4, 0.5) is 8.78 Å². The number of rotatable bonds is 3. The molecule has 0 unspecified atom stereocenters. The van der Waals surface area contributed by atoms with Crippen LogP contribution in [0.1, 0.15) is 0 Å². The first-order valence-corrected chi connectivity index (χ1v) is 7.60.